The summed E-state index contributed by atoms with van der Waals surface area (Å²) in [6, 6.07) is 20.6. The lowest BCUT2D eigenvalue weighted by Gasteiger charge is -2.18. The van der Waals surface area contributed by atoms with Crippen LogP contribution in [0.5, 0.6) is 0 Å². The van der Waals surface area contributed by atoms with E-state index in [0.717, 1.165) is 18.4 Å². The molecule has 0 aromatic heterocycles. The van der Waals surface area contributed by atoms with Crippen LogP contribution in [0.4, 0.5) is 0 Å². The number of hydrogen-bond donors (Lipinski definition) is 1. The van der Waals surface area contributed by atoms with Crippen molar-refractivity contribution >= 4 is 13.3 Å². The molecule has 0 aliphatic carbocycles. The molecule has 1 atom stereocenters. The van der Waals surface area contributed by atoms with Crippen molar-refractivity contribution in [2.75, 3.05) is 0 Å². The Balaban J connectivity index is 1.88. The number of hydrogen-bond acceptors (Lipinski definition) is 1. The van der Waals surface area contributed by atoms with Crippen LogP contribution in [0, 0.1) is 0 Å². The average Bonchev–Trinajstić information content (AvgIpc) is 2.53. The molecule has 0 fully saturated rings. The monoisotopic (exact) mass is 296 g/mol. The molecule has 2 aromatic rings. The second-order valence-electron chi connectivity index (χ2n) is 5.99. The predicted molar refractivity (Wildman–Crippen MR) is 93.3 cm³/mol. The van der Waals surface area contributed by atoms with E-state index >= 15 is 0 Å². The molecule has 0 aliphatic heterocycles. The Morgan fingerprint density at radius 2 is 1.52 bits per heavy atom. The van der Waals surface area contributed by atoms with E-state index in [1.165, 1.54) is 5.19 Å². The van der Waals surface area contributed by atoms with Crippen molar-refractivity contribution in [3.63, 3.8) is 0 Å². The van der Waals surface area contributed by atoms with Gasteiger partial charge in [-0.1, -0.05) is 90.7 Å². The molecule has 0 spiro atoms. The largest absolute Gasteiger partial charge is 0.388 e. The Bertz CT molecular complexity index is 561. The zero-order valence-corrected chi connectivity index (χ0v) is 13.9. The lowest BCUT2D eigenvalue weighted by molar-refractivity contribution is 0.169. The minimum absolute atomic E-state index is 0.364. The molecule has 0 bridgehead atoms. The van der Waals surface area contributed by atoms with Gasteiger partial charge in [-0.15, -0.1) is 0 Å². The van der Waals surface area contributed by atoms with Crippen LogP contribution in [0.25, 0.3) is 0 Å². The summed E-state index contributed by atoms with van der Waals surface area (Å²) in [6.07, 6.45) is 3.57. The van der Waals surface area contributed by atoms with Crippen molar-refractivity contribution < 1.29 is 5.11 Å². The molecule has 2 rings (SSSR count). The Labute approximate surface area is 129 Å². The molecular formula is C19H24OSi. The van der Waals surface area contributed by atoms with Crippen molar-refractivity contribution in [1.82, 2.24) is 0 Å². The summed E-state index contributed by atoms with van der Waals surface area (Å²) in [5.74, 6) is 0. The molecule has 0 saturated carbocycles. The topological polar surface area (TPSA) is 20.2 Å². The standard InChI is InChI=1S/C19H24OSi/c1-21(2,18-13-7-4-8-14-18)16-10-9-15-19(20)17-11-5-3-6-12-17/h3-8,10-14,16,19-20H,9,15H2,1-2H3/b16-10-. The third-order valence-corrected chi connectivity index (χ3v) is 6.73. The summed E-state index contributed by atoms with van der Waals surface area (Å²) in [7, 11) is -1.49. The van der Waals surface area contributed by atoms with Gasteiger partial charge in [-0.05, 0) is 18.4 Å². The average molecular weight is 296 g/mol. The van der Waals surface area contributed by atoms with Crippen LogP contribution < -0.4 is 5.19 Å². The van der Waals surface area contributed by atoms with Gasteiger partial charge in [0.05, 0.1) is 6.10 Å². The van der Waals surface area contributed by atoms with Gasteiger partial charge in [0.25, 0.3) is 0 Å². The second kappa shape index (κ2) is 7.39. The molecule has 1 nitrogen and oxygen atoms in total. The first-order chi connectivity index (χ1) is 10.1. The SMILES string of the molecule is C[Si](C)(/C=C\CCC(O)c1ccccc1)c1ccccc1. The highest BCUT2D eigenvalue weighted by Gasteiger charge is 2.18. The van der Waals surface area contributed by atoms with Gasteiger partial charge >= 0.3 is 0 Å². The van der Waals surface area contributed by atoms with E-state index in [0.29, 0.717) is 0 Å². The van der Waals surface area contributed by atoms with E-state index in [4.69, 9.17) is 0 Å². The fraction of sp³-hybridized carbons (Fsp3) is 0.263. The van der Waals surface area contributed by atoms with Crippen LogP contribution in [0.15, 0.2) is 72.4 Å². The van der Waals surface area contributed by atoms with Gasteiger partial charge in [0.1, 0.15) is 8.07 Å². The molecule has 0 aliphatic rings. The molecule has 2 heteroatoms. The summed E-state index contributed by atoms with van der Waals surface area (Å²) in [6.45, 7) is 4.71. The predicted octanol–water partition coefficient (Wildman–Crippen LogP) is 4.21. The van der Waals surface area contributed by atoms with E-state index in [1.807, 2.05) is 30.3 Å². The van der Waals surface area contributed by atoms with Crippen LogP contribution in [0.3, 0.4) is 0 Å². The molecule has 0 saturated heterocycles. The summed E-state index contributed by atoms with van der Waals surface area (Å²) >= 11 is 0. The Hall–Kier alpha value is -1.64. The lowest BCUT2D eigenvalue weighted by atomic mass is 10.1. The van der Waals surface area contributed by atoms with E-state index in [1.54, 1.807) is 0 Å². The van der Waals surface area contributed by atoms with E-state index in [2.05, 4.69) is 55.2 Å². The molecule has 0 heterocycles. The van der Waals surface area contributed by atoms with Gasteiger partial charge in [0, 0.05) is 0 Å². The lowest BCUT2D eigenvalue weighted by Crippen LogP contribution is -2.39. The maximum absolute atomic E-state index is 10.1. The van der Waals surface area contributed by atoms with Gasteiger partial charge in [-0.2, -0.15) is 0 Å². The Kier molecular flexibility index (Phi) is 5.54. The zero-order valence-electron chi connectivity index (χ0n) is 12.9. The maximum atomic E-state index is 10.1. The molecule has 1 N–H and O–H groups in total. The molecule has 110 valence electrons. The van der Waals surface area contributed by atoms with Crippen molar-refractivity contribution in [3.05, 3.63) is 78.0 Å². The first-order valence-corrected chi connectivity index (χ1v) is 10.6. The number of allylic oxidation sites excluding steroid dienone is 1. The smallest absolute Gasteiger partial charge is 0.103 e. The summed E-state index contributed by atoms with van der Waals surface area (Å²) in [5, 5.41) is 11.6. The minimum Gasteiger partial charge on any atom is -0.388 e. The quantitative estimate of drug-likeness (QED) is 0.792. The van der Waals surface area contributed by atoms with Gasteiger partial charge in [0.15, 0.2) is 0 Å². The third kappa shape index (κ3) is 4.69. The van der Waals surface area contributed by atoms with Gasteiger partial charge in [0.2, 0.25) is 0 Å². The number of benzene rings is 2. The van der Waals surface area contributed by atoms with Crippen LogP contribution >= 0.6 is 0 Å². The summed E-state index contributed by atoms with van der Waals surface area (Å²) < 4.78 is 0. The first kappa shape index (κ1) is 15.7. The fourth-order valence-corrected chi connectivity index (χ4v) is 4.44. The van der Waals surface area contributed by atoms with E-state index < -0.39 is 8.07 Å². The van der Waals surface area contributed by atoms with Crippen LogP contribution in [-0.4, -0.2) is 13.2 Å². The van der Waals surface area contributed by atoms with Crippen LogP contribution in [-0.2, 0) is 0 Å². The highest BCUT2D eigenvalue weighted by atomic mass is 28.3. The molecule has 2 aromatic carbocycles. The fourth-order valence-electron chi connectivity index (χ4n) is 2.44. The zero-order chi connectivity index (χ0) is 15.1. The van der Waals surface area contributed by atoms with Crippen molar-refractivity contribution in [2.45, 2.75) is 32.0 Å². The van der Waals surface area contributed by atoms with Crippen molar-refractivity contribution in [2.24, 2.45) is 0 Å². The first-order valence-electron chi connectivity index (χ1n) is 7.56. The Morgan fingerprint density at radius 3 is 2.14 bits per heavy atom. The highest BCUT2D eigenvalue weighted by Crippen LogP contribution is 2.18. The molecule has 0 amide bonds. The molecule has 0 radical (unpaired) electrons. The van der Waals surface area contributed by atoms with Crippen molar-refractivity contribution in [3.8, 4) is 0 Å². The molecular weight excluding hydrogens is 272 g/mol. The normalized spacial score (nSPS) is 13.5. The molecule has 21 heavy (non-hydrogen) atoms. The summed E-state index contributed by atoms with van der Waals surface area (Å²) in [5.41, 5.74) is 3.38. The minimum atomic E-state index is -1.49. The maximum Gasteiger partial charge on any atom is 0.103 e. The Morgan fingerprint density at radius 1 is 0.952 bits per heavy atom. The van der Waals surface area contributed by atoms with E-state index in [-0.39, 0.29) is 6.10 Å². The number of rotatable bonds is 6. The van der Waals surface area contributed by atoms with Crippen LogP contribution in [0.2, 0.25) is 13.1 Å². The van der Waals surface area contributed by atoms with Gasteiger partial charge in [-0.25, -0.2) is 0 Å². The second-order valence-corrected chi connectivity index (χ2v) is 10.3. The highest BCUT2D eigenvalue weighted by molar-refractivity contribution is 6.93. The summed E-state index contributed by atoms with van der Waals surface area (Å²) in [4.78, 5) is 0. The third-order valence-electron chi connectivity index (χ3n) is 3.84. The molecule has 1 unspecified atom stereocenters. The van der Waals surface area contributed by atoms with Gasteiger partial charge in [-0.3, -0.25) is 0 Å². The number of aliphatic hydroxyl groups is 1. The van der Waals surface area contributed by atoms with E-state index in [9.17, 15) is 5.11 Å². The van der Waals surface area contributed by atoms with Gasteiger partial charge < -0.3 is 5.11 Å². The van der Waals surface area contributed by atoms with Crippen molar-refractivity contribution in [1.29, 1.82) is 0 Å². The van der Waals surface area contributed by atoms with Crippen LogP contribution in [0.1, 0.15) is 24.5 Å². The number of aliphatic hydroxyl groups excluding tert-OH is 1.